The molecule has 0 bridgehead atoms. The van der Waals surface area contributed by atoms with E-state index in [1.54, 1.807) is 0 Å². The number of aliphatic hydroxyl groups is 1. The third-order valence-corrected chi connectivity index (χ3v) is 7.03. The van der Waals surface area contributed by atoms with Gasteiger partial charge in [-0.15, -0.1) is 0 Å². The molecule has 3 rings (SSSR count). The van der Waals surface area contributed by atoms with Gasteiger partial charge in [-0.2, -0.15) is 11.8 Å². The van der Waals surface area contributed by atoms with Crippen molar-refractivity contribution >= 4 is 11.8 Å². The van der Waals surface area contributed by atoms with Crippen LogP contribution in [-0.4, -0.2) is 34.4 Å². The van der Waals surface area contributed by atoms with Gasteiger partial charge in [0.1, 0.15) is 0 Å². The molecule has 2 heterocycles. The van der Waals surface area contributed by atoms with Crippen molar-refractivity contribution in [2.24, 2.45) is 17.3 Å². The number of rotatable bonds is 1. The minimum absolute atomic E-state index is 0.0920. The molecule has 3 aliphatic rings. The number of thioether (sulfide) groups is 1. The van der Waals surface area contributed by atoms with Crippen LogP contribution in [0.3, 0.4) is 0 Å². The van der Waals surface area contributed by atoms with E-state index in [-0.39, 0.29) is 11.0 Å². The Hall–Kier alpha value is 0.270. The topological polar surface area (TPSA) is 29.5 Å². The minimum atomic E-state index is -0.456. The predicted octanol–water partition coefficient (Wildman–Crippen LogP) is 4.26. The molecule has 0 radical (unpaired) electrons. The molecule has 1 saturated carbocycles. The smallest absolute Gasteiger partial charge is 0.0702 e. The largest absolute Gasteiger partial charge is 0.390 e. The summed E-state index contributed by atoms with van der Waals surface area (Å²) in [5, 5.41) is 11.5. The average Bonchev–Trinajstić information content (AvgIpc) is 2.37. The molecule has 3 unspecified atom stereocenters. The highest BCUT2D eigenvalue weighted by atomic mass is 32.2. The van der Waals surface area contributed by atoms with Gasteiger partial charge in [-0.05, 0) is 73.7 Å². The predicted molar refractivity (Wildman–Crippen MR) is 89.7 cm³/mol. The van der Waals surface area contributed by atoms with Crippen LogP contribution >= 0.6 is 11.8 Å². The second-order valence-corrected chi connectivity index (χ2v) is 10.0. The summed E-state index contributed by atoms with van der Waals surface area (Å²) >= 11 is 2.06. The molecular formula is C18H32O2S. The Morgan fingerprint density at radius 1 is 1.10 bits per heavy atom. The van der Waals surface area contributed by atoms with Crippen molar-refractivity contribution in [2.45, 2.75) is 76.9 Å². The Kier molecular flexibility index (Phi) is 4.40. The average molecular weight is 313 g/mol. The van der Waals surface area contributed by atoms with Crippen LogP contribution in [0.4, 0.5) is 0 Å². The minimum Gasteiger partial charge on any atom is -0.390 e. The van der Waals surface area contributed by atoms with E-state index in [0.717, 1.165) is 32.3 Å². The normalized spacial score (nSPS) is 42.9. The molecule has 21 heavy (non-hydrogen) atoms. The van der Waals surface area contributed by atoms with Gasteiger partial charge in [0.25, 0.3) is 0 Å². The van der Waals surface area contributed by atoms with Crippen molar-refractivity contribution in [3.63, 3.8) is 0 Å². The van der Waals surface area contributed by atoms with E-state index in [4.69, 9.17) is 4.74 Å². The van der Waals surface area contributed by atoms with Crippen LogP contribution in [0.25, 0.3) is 0 Å². The van der Waals surface area contributed by atoms with E-state index in [9.17, 15) is 5.11 Å². The lowest BCUT2D eigenvalue weighted by Gasteiger charge is -2.53. The van der Waals surface area contributed by atoms with Crippen molar-refractivity contribution in [1.82, 2.24) is 0 Å². The first-order valence-corrected chi connectivity index (χ1v) is 9.92. The molecule has 2 saturated heterocycles. The van der Waals surface area contributed by atoms with Crippen LogP contribution < -0.4 is 0 Å². The third-order valence-electron chi connectivity index (χ3n) is 6.04. The summed E-state index contributed by atoms with van der Waals surface area (Å²) in [6.45, 7) is 7.84. The van der Waals surface area contributed by atoms with Crippen LogP contribution in [0.5, 0.6) is 0 Å². The standard InChI is InChI=1S/C18H32O2S/c1-14-10-16(2,3)13-18(19,11-14)15-4-7-20-17(12-15)5-8-21-9-6-17/h14-15,19H,4-13H2,1-3H3. The van der Waals surface area contributed by atoms with Gasteiger partial charge in [-0.1, -0.05) is 20.8 Å². The Morgan fingerprint density at radius 2 is 1.81 bits per heavy atom. The Morgan fingerprint density at radius 3 is 2.48 bits per heavy atom. The van der Waals surface area contributed by atoms with Crippen LogP contribution in [0, 0.1) is 17.3 Å². The van der Waals surface area contributed by atoms with Crippen LogP contribution in [0.2, 0.25) is 0 Å². The second kappa shape index (κ2) is 5.72. The molecule has 0 aromatic rings. The fraction of sp³-hybridized carbons (Fsp3) is 1.00. The summed E-state index contributed by atoms with van der Waals surface area (Å²) in [7, 11) is 0. The summed E-state index contributed by atoms with van der Waals surface area (Å²) in [6, 6.07) is 0. The Bertz CT molecular complexity index is 370. The van der Waals surface area contributed by atoms with Crippen molar-refractivity contribution < 1.29 is 9.84 Å². The molecule has 3 atom stereocenters. The summed E-state index contributed by atoms with van der Waals surface area (Å²) in [5.74, 6) is 3.54. The van der Waals surface area contributed by atoms with E-state index in [1.807, 2.05) is 0 Å². The van der Waals surface area contributed by atoms with Gasteiger partial charge in [0, 0.05) is 6.61 Å². The van der Waals surface area contributed by atoms with E-state index in [0.29, 0.717) is 11.8 Å². The van der Waals surface area contributed by atoms with Gasteiger partial charge >= 0.3 is 0 Å². The molecule has 0 amide bonds. The molecule has 3 heteroatoms. The Labute approximate surface area is 134 Å². The zero-order valence-electron chi connectivity index (χ0n) is 14.0. The zero-order chi connectivity index (χ0) is 15.1. The maximum absolute atomic E-state index is 11.5. The number of hydrogen-bond donors (Lipinski definition) is 1. The molecule has 1 spiro atoms. The number of hydrogen-bond acceptors (Lipinski definition) is 3. The van der Waals surface area contributed by atoms with Crippen molar-refractivity contribution in [1.29, 1.82) is 0 Å². The molecule has 0 aromatic carbocycles. The Balaban J connectivity index is 1.75. The molecule has 3 fully saturated rings. The first-order chi connectivity index (χ1) is 9.83. The highest BCUT2D eigenvalue weighted by Gasteiger charge is 2.50. The summed E-state index contributed by atoms with van der Waals surface area (Å²) in [5.41, 5.74) is -0.0858. The fourth-order valence-electron chi connectivity index (χ4n) is 5.48. The van der Waals surface area contributed by atoms with Gasteiger partial charge in [0.05, 0.1) is 11.2 Å². The molecule has 2 aliphatic heterocycles. The van der Waals surface area contributed by atoms with Crippen molar-refractivity contribution in [3.8, 4) is 0 Å². The first kappa shape index (κ1) is 16.1. The summed E-state index contributed by atoms with van der Waals surface area (Å²) < 4.78 is 6.23. The highest BCUT2D eigenvalue weighted by molar-refractivity contribution is 7.99. The van der Waals surface area contributed by atoms with Crippen LogP contribution in [-0.2, 0) is 4.74 Å². The van der Waals surface area contributed by atoms with Crippen LogP contribution in [0.1, 0.15) is 65.7 Å². The summed E-state index contributed by atoms with van der Waals surface area (Å²) in [6.07, 6.45) is 7.72. The van der Waals surface area contributed by atoms with Gasteiger partial charge in [0.15, 0.2) is 0 Å². The first-order valence-electron chi connectivity index (χ1n) is 8.77. The fourth-order valence-corrected chi connectivity index (χ4v) is 6.72. The third kappa shape index (κ3) is 3.45. The summed E-state index contributed by atoms with van der Waals surface area (Å²) in [4.78, 5) is 0. The van der Waals surface area contributed by atoms with E-state index >= 15 is 0 Å². The molecule has 122 valence electrons. The lowest BCUT2D eigenvalue weighted by atomic mass is 9.59. The monoisotopic (exact) mass is 312 g/mol. The maximum Gasteiger partial charge on any atom is 0.0702 e. The van der Waals surface area contributed by atoms with E-state index in [1.165, 1.54) is 30.8 Å². The van der Waals surface area contributed by atoms with Gasteiger partial charge < -0.3 is 9.84 Å². The van der Waals surface area contributed by atoms with E-state index < -0.39 is 5.60 Å². The second-order valence-electron chi connectivity index (χ2n) is 8.79. The van der Waals surface area contributed by atoms with Crippen LogP contribution in [0.15, 0.2) is 0 Å². The molecule has 0 aromatic heterocycles. The van der Waals surface area contributed by atoms with Crippen molar-refractivity contribution in [3.05, 3.63) is 0 Å². The van der Waals surface area contributed by atoms with Gasteiger partial charge in [0.2, 0.25) is 0 Å². The van der Waals surface area contributed by atoms with Gasteiger partial charge in [-0.25, -0.2) is 0 Å². The number of ether oxygens (including phenoxy) is 1. The highest BCUT2D eigenvalue weighted by Crippen LogP contribution is 2.52. The van der Waals surface area contributed by atoms with E-state index in [2.05, 4.69) is 32.5 Å². The molecule has 1 aliphatic carbocycles. The lowest BCUT2D eigenvalue weighted by molar-refractivity contribution is -0.170. The quantitative estimate of drug-likeness (QED) is 0.784. The molecular weight excluding hydrogens is 280 g/mol. The van der Waals surface area contributed by atoms with Gasteiger partial charge in [-0.3, -0.25) is 0 Å². The molecule has 1 N–H and O–H groups in total. The van der Waals surface area contributed by atoms with Crippen molar-refractivity contribution in [2.75, 3.05) is 18.1 Å². The lowest BCUT2D eigenvalue weighted by Crippen LogP contribution is -2.53. The maximum atomic E-state index is 11.5. The molecule has 2 nitrogen and oxygen atoms in total. The SMILES string of the molecule is CC1CC(C)(C)CC(O)(C2CCOC3(CCSCC3)C2)C1. The zero-order valence-corrected chi connectivity index (χ0v) is 14.8.